The average molecular weight is 360 g/mol. The van der Waals surface area contributed by atoms with E-state index < -0.39 is 0 Å². The first kappa shape index (κ1) is 19.4. The summed E-state index contributed by atoms with van der Waals surface area (Å²) >= 11 is 0. The lowest BCUT2D eigenvalue weighted by molar-refractivity contribution is -0.132. The molecule has 0 bridgehead atoms. The summed E-state index contributed by atoms with van der Waals surface area (Å²) in [7, 11) is 3.56. The molecule has 1 aromatic carbocycles. The van der Waals surface area contributed by atoms with Crippen molar-refractivity contribution in [1.82, 2.24) is 0 Å². The number of hydrogen-bond donors (Lipinski definition) is 0. The van der Waals surface area contributed by atoms with Crippen molar-refractivity contribution in [2.24, 2.45) is 5.41 Å². The molecule has 0 radical (unpaired) electrons. The fraction of sp³-hybridized carbons (Fsp3) is 0.682. The third-order valence-electron chi connectivity index (χ3n) is 6.61. The molecule has 0 aromatic heterocycles. The number of ether oxygens (including phenoxy) is 2. The van der Waals surface area contributed by atoms with E-state index in [1.807, 2.05) is 12.0 Å². The van der Waals surface area contributed by atoms with Crippen LogP contribution in [-0.2, 0) is 20.7 Å². The summed E-state index contributed by atoms with van der Waals surface area (Å²) in [4.78, 5) is 15.3. The van der Waals surface area contributed by atoms with Crippen molar-refractivity contribution >= 4 is 11.6 Å². The smallest absolute Gasteiger partial charge is 0.233 e. The van der Waals surface area contributed by atoms with Gasteiger partial charge in [0.2, 0.25) is 5.91 Å². The van der Waals surface area contributed by atoms with Crippen LogP contribution in [0.25, 0.3) is 0 Å². The monoisotopic (exact) mass is 359 g/mol. The van der Waals surface area contributed by atoms with Crippen LogP contribution >= 0.6 is 0 Å². The third kappa shape index (κ3) is 3.67. The van der Waals surface area contributed by atoms with Crippen LogP contribution < -0.4 is 4.90 Å². The lowest BCUT2D eigenvalue weighted by Crippen LogP contribution is -2.44. The molecule has 1 amide bonds. The Morgan fingerprint density at radius 3 is 2.31 bits per heavy atom. The molecule has 0 unspecified atom stereocenters. The molecule has 2 aliphatic rings. The van der Waals surface area contributed by atoms with Crippen LogP contribution in [0.5, 0.6) is 0 Å². The van der Waals surface area contributed by atoms with E-state index in [0.29, 0.717) is 5.91 Å². The van der Waals surface area contributed by atoms with E-state index in [1.54, 1.807) is 7.11 Å². The van der Waals surface area contributed by atoms with Gasteiger partial charge in [0.1, 0.15) is 0 Å². The Balaban J connectivity index is 1.67. The largest absolute Gasteiger partial charge is 0.384 e. The molecule has 0 atom stereocenters. The number of benzene rings is 1. The highest BCUT2D eigenvalue weighted by Gasteiger charge is 2.51. The highest BCUT2D eigenvalue weighted by atomic mass is 16.5. The summed E-state index contributed by atoms with van der Waals surface area (Å²) in [5.41, 5.74) is 2.12. The molecule has 1 aromatic rings. The van der Waals surface area contributed by atoms with Crippen molar-refractivity contribution in [3.05, 3.63) is 29.8 Å². The fourth-order valence-electron chi connectivity index (χ4n) is 4.79. The van der Waals surface area contributed by atoms with Crippen LogP contribution in [-0.4, -0.2) is 38.9 Å². The number of carbonyl (C=O) groups is 1. The van der Waals surface area contributed by atoms with Gasteiger partial charge in [0.25, 0.3) is 0 Å². The topological polar surface area (TPSA) is 38.8 Å². The van der Waals surface area contributed by atoms with Gasteiger partial charge in [0, 0.05) is 26.5 Å². The Bertz CT molecular complexity index is 602. The molecule has 1 saturated carbocycles. The number of nitrogens with zero attached hydrogens (tertiary/aromatic N) is 1. The molecule has 2 fully saturated rings. The van der Waals surface area contributed by atoms with Crippen LogP contribution in [0.3, 0.4) is 0 Å². The Morgan fingerprint density at radius 2 is 1.73 bits per heavy atom. The predicted octanol–water partition coefficient (Wildman–Crippen LogP) is 4.36. The molecular formula is C22H33NO3. The van der Waals surface area contributed by atoms with Gasteiger partial charge in [-0.3, -0.25) is 4.79 Å². The maximum atomic E-state index is 13.3. The second-order valence-electron chi connectivity index (χ2n) is 8.03. The summed E-state index contributed by atoms with van der Waals surface area (Å²) < 4.78 is 11.0. The third-order valence-corrected chi connectivity index (χ3v) is 6.61. The number of amides is 1. The minimum Gasteiger partial charge on any atom is -0.384 e. The zero-order valence-corrected chi connectivity index (χ0v) is 16.6. The number of rotatable bonds is 7. The van der Waals surface area contributed by atoms with Crippen molar-refractivity contribution in [2.45, 2.75) is 63.9 Å². The molecule has 1 saturated heterocycles. The average Bonchev–Trinajstić information content (AvgIpc) is 2.99. The van der Waals surface area contributed by atoms with Crippen molar-refractivity contribution in [1.29, 1.82) is 0 Å². The van der Waals surface area contributed by atoms with Crippen molar-refractivity contribution in [2.75, 3.05) is 32.3 Å². The van der Waals surface area contributed by atoms with Gasteiger partial charge in [-0.15, -0.1) is 0 Å². The highest BCUT2D eigenvalue weighted by Crippen LogP contribution is 2.50. The Morgan fingerprint density at radius 1 is 1.04 bits per heavy atom. The minimum atomic E-state index is -0.162. The van der Waals surface area contributed by atoms with Crippen LogP contribution in [0.1, 0.15) is 57.4 Å². The van der Waals surface area contributed by atoms with E-state index in [4.69, 9.17) is 9.47 Å². The summed E-state index contributed by atoms with van der Waals surface area (Å²) in [5.74, 6) is 0.323. The molecule has 4 nitrogen and oxygen atoms in total. The molecule has 1 aliphatic carbocycles. The molecule has 144 valence electrons. The quantitative estimate of drug-likeness (QED) is 0.726. The van der Waals surface area contributed by atoms with Gasteiger partial charge >= 0.3 is 0 Å². The first-order chi connectivity index (χ1) is 12.6. The molecule has 4 heteroatoms. The number of methoxy groups -OCH3 is 2. The van der Waals surface area contributed by atoms with Gasteiger partial charge in [0.15, 0.2) is 0 Å². The summed E-state index contributed by atoms with van der Waals surface area (Å²) in [6.07, 6.45) is 8.05. The predicted molar refractivity (Wildman–Crippen MR) is 105 cm³/mol. The maximum absolute atomic E-state index is 13.3. The van der Waals surface area contributed by atoms with Gasteiger partial charge in [-0.05, 0) is 62.6 Å². The van der Waals surface area contributed by atoms with Crippen LogP contribution in [0.4, 0.5) is 5.69 Å². The molecule has 26 heavy (non-hydrogen) atoms. The number of anilines is 1. The summed E-state index contributed by atoms with van der Waals surface area (Å²) in [6, 6.07) is 8.40. The molecule has 1 aliphatic heterocycles. The van der Waals surface area contributed by atoms with E-state index in [-0.39, 0.29) is 11.0 Å². The van der Waals surface area contributed by atoms with E-state index in [9.17, 15) is 4.79 Å². The first-order valence-corrected chi connectivity index (χ1v) is 10.0. The molecule has 1 spiro atoms. The van der Waals surface area contributed by atoms with E-state index in [2.05, 4.69) is 31.2 Å². The van der Waals surface area contributed by atoms with Crippen LogP contribution in [0.15, 0.2) is 24.3 Å². The second kappa shape index (κ2) is 8.10. The fourth-order valence-corrected chi connectivity index (χ4v) is 4.79. The zero-order chi connectivity index (χ0) is 18.6. The standard InChI is InChI=1S/C22H33NO3/c1-4-10-22(26-3)13-11-21(12-14-22)15-16-23(20(21)24)19-7-5-18(6-8-19)9-17-25-2/h5-8H,4,9-17H2,1-3H3. The van der Waals surface area contributed by atoms with Gasteiger partial charge in [-0.2, -0.15) is 0 Å². The SMILES string of the molecule is CCCC1(OC)CCC2(CCN(c3ccc(CCOC)cc3)C2=O)CC1. The first-order valence-electron chi connectivity index (χ1n) is 10.0. The van der Waals surface area contributed by atoms with Crippen LogP contribution in [0, 0.1) is 5.41 Å². The normalized spacial score (nSPS) is 28.9. The lowest BCUT2D eigenvalue weighted by Gasteiger charge is -2.43. The molecule has 1 heterocycles. The number of carbonyl (C=O) groups excluding carboxylic acids is 1. The van der Waals surface area contributed by atoms with Gasteiger partial charge in [-0.25, -0.2) is 0 Å². The van der Waals surface area contributed by atoms with E-state index in [0.717, 1.165) is 70.2 Å². The molecule has 0 N–H and O–H groups in total. The van der Waals surface area contributed by atoms with Crippen molar-refractivity contribution in [3.63, 3.8) is 0 Å². The van der Waals surface area contributed by atoms with E-state index >= 15 is 0 Å². The maximum Gasteiger partial charge on any atom is 0.233 e. The minimum absolute atomic E-state index is 0.00328. The Kier molecular flexibility index (Phi) is 6.03. The van der Waals surface area contributed by atoms with Crippen molar-refractivity contribution < 1.29 is 14.3 Å². The van der Waals surface area contributed by atoms with Gasteiger partial charge in [0.05, 0.1) is 17.6 Å². The molecular weight excluding hydrogens is 326 g/mol. The number of hydrogen-bond acceptors (Lipinski definition) is 3. The lowest BCUT2D eigenvalue weighted by atomic mass is 9.66. The summed E-state index contributed by atoms with van der Waals surface area (Å²) in [5, 5.41) is 0. The second-order valence-corrected chi connectivity index (χ2v) is 8.03. The Hall–Kier alpha value is -1.39. The van der Waals surface area contributed by atoms with Gasteiger partial charge < -0.3 is 14.4 Å². The zero-order valence-electron chi connectivity index (χ0n) is 16.6. The van der Waals surface area contributed by atoms with Crippen LogP contribution in [0.2, 0.25) is 0 Å². The highest BCUT2D eigenvalue weighted by molar-refractivity contribution is 6.00. The molecule has 3 rings (SSSR count). The van der Waals surface area contributed by atoms with Crippen molar-refractivity contribution in [3.8, 4) is 0 Å². The van der Waals surface area contributed by atoms with E-state index in [1.165, 1.54) is 5.56 Å². The summed E-state index contributed by atoms with van der Waals surface area (Å²) in [6.45, 7) is 3.78. The Labute approximate surface area is 157 Å². The van der Waals surface area contributed by atoms with Gasteiger partial charge in [-0.1, -0.05) is 25.5 Å².